The van der Waals surface area contributed by atoms with Crippen LogP contribution in [0.25, 0.3) is 12.2 Å². The second-order valence-electron chi connectivity index (χ2n) is 6.80. The number of rotatable bonds is 6. The SMILES string of the molecule is Cc1ccc(NC(=O)C=Cc2ccc(Cl)cc2)c(NC(=O)C=Cc2ccc(Cl)cc2)c1. The summed E-state index contributed by atoms with van der Waals surface area (Å²) in [5, 5.41) is 6.88. The lowest BCUT2D eigenvalue weighted by Gasteiger charge is -2.11. The maximum atomic E-state index is 12.4. The molecule has 2 amide bonds. The van der Waals surface area contributed by atoms with Gasteiger partial charge in [-0.25, -0.2) is 0 Å². The Bertz CT molecular complexity index is 1140. The molecule has 0 saturated heterocycles. The average Bonchev–Trinajstić information content (AvgIpc) is 2.75. The van der Waals surface area contributed by atoms with Gasteiger partial charge in [0.15, 0.2) is 0 Å². The Morgan fingerprint density at radius 3 is 1.61 bits per heavy atom. The molecule has 6 heteroatoms. The van der Waals surface area contributed by atoms with E-state index in [0.717, 1.165) is 16.7 Å². The van der Waals surface area contributed by atoms with Gasteiger partial charge < -0.3 is 10.6 Å². The summed E-state index contributed by atoms with van der Waals surface area (Å²) in [7, 11) is 0. The van der Waals surface area contributed by atoms with Crippen LogP contribution in [0.4, 0.5) is 11.4 Å². The Morgan fingerprint density at radius 1 is 0.677 bits per heavy atom. The molecule has 3 rings (SSSR count). The van der Waals surface area contributed by atoms with Gasteiger partial charge in [0.2, 0.25) is 11.8 Å². The van der Waals surface area contributed by atoms with E-state index in [1.165, 1.54) is 12.2 Å². The largest absolute Gasteiger partial charge is 0.321 e. The minimum atomic E-state index is -0.314. The number of carbonyl (C=O) groups is 2. The van der Waals surface area contributed by atoms with Crippen LogP contribution in [-0.2, 0) is 9.59 Å². The quantitative estimate of drug-likeness (QED) is 0.415. The monoisotopic (exact) mass is 450 g/mol. The van der Waals surface area contributed by atoms with Crippen molar-refractivity contribution < 1.29 is 9.59 Å². The summed E-state index contributed by atoms with van der Waals surface area (Å²) in [6.07, 6.45) is 6.23. The molecule has 3 aromatic carbocycles. The number of carbonyl (C=O) groups excluding carboxylic acids is 2. The van der Waals surface area contributed by atoms with Gasteiger partial charge >= 0.3 is 0 Å². The molecule has 0 aliphatic heterocycles. The maximum Gasteiger partial charge on any atom is 0.248 e. The van der Waals surface area contributed by atoms with Gasteiger partial charge in [-0.3, -0.25) is 9.59 Å². The molecule has 2 N–H and O–H groups in total. The number of halogens is 2. The van der Waals surface area contributed by atoms with E-state index in [0.29, 0.717) is 21.4 Å². The predicted octanol–water partition coefficient (Wildman–Crippen LogP) is 6.61. The summed E-state index contributed by atoms with van der Waals surface area (Å²) in [4.78, 5) is 24.7. The third-order valence-electron chi connectivity index (χ3n) is 4.29. The first-order valence-electron chi connectivity index (χ1n) is 9.49. The fraction of sp³-hybridized carbons (Fsp3) is 0.0400. The molecule has 156 valence electrons. The van der Waals surface area contributed by atoms with E-state index in [4.69, 9.17) is 23.2 Å². The number of hydrogen-bond acceptors (Lipinski definition) is 2. The summed E-state index contributed by atoms with van der Waals surface area (Å²) < 4.78 is 0. The summed E-state index contributed by atoms with van der Waals surface area (Å²) in [6, 6.07) is 19.7. The van der Waals surface area contributed by atoms with Crippen molar-refractivity contribution in [3.05, 3.63) is 106 Å². The maximum absolute atomic E-state index is 12.4. The highest BCUT2D eigenvalue weighted by Gasteiger charge is 2.08. The molecule has 0 spiro atoms. The second kappa shape index (κ2) is 10.6. The first-order valence-corrected chi connectivity index (χ1v) is 10.2. The van der Waals surface area contributed by atoms with Crippen molar-refractivity contribution in [1.29, 1.82) is 0 Å². The zero-order valence-corrected chi connectivity index (χ0v) is 18.2. The minimum Gasteiger partial charge on any atom is -0.321 e. The normalized spacial score (nSPS) is 11.1. The van der Waals surface area contributed by atoms with Gasteiger partial charge in [-0.15, -0.1) is 0 Å². The van der Waals surface area contributed by atoms with Crippen LogP contribution in [0, 0.1) is 6.92 Å². The highest BCUT2D eigenvalue weighted by molar-refractivity contribution is 6.30. The Balaban J connectivity index is 1.68. The van der Waals surface area contributed by atoms with Crippen LogP contribution in [-0.4, -0.2) is 11.8 Å². The third-order valence-corrected chi connectivity index (χ3v) is 4.79. The molecule has 0 aliphatic carbocycles. The van der Waals surface area contributed by atoms with Gasteiger partial charge in [-0.2, -0.15) is 0 Å². The van der Waals surface area contributed by atoms with E-state index >= 15 is 0 Å². The van der Waals surface area contributed by atoms with E-state index in [9.17, 15) is 9.59 Å². The lowest BCUT2D eigenvalue weighted by molar-refractivity contribution is -0.112. The molecule has 0 saturated carbocycles. The zero-order valence-electron chi connectivity index (χ0n) is 16.7. The molecular weight excluding hydrogens is 431 g/mol. The summed E-state index contributed by atoms with van der Waals surface area (Å²) in [6.45, 7) is 1.91. The van der Waals surface area contributed by atoms with Crippen molar-refractivity contribution in [3.8, 4) is 0 Å². The third kappa shape index (κ3) is 7.14. The zero-order chi connectivity index (χ0) is 22.2. The Labute approximate surface area is 191 Å². The van der Waals surface area contributed by atoms with E-state index in [1.54, 1.807) is 48.6 Å². The Hall–Kier alpha value is -3.34. The predicted molar refractivity (Wildman–Crippen MR) is 129 cm³/mol. The standard InChI is InChI=1S/C25H20Cl2N2O2/c1-17-2-13-22(28-24(30)14-7-18-3-9-20(26)10-4-18)23(16-17)29-25(31)15-8-19-5-11-21(27)12-6-19/h2-16H,1H3,(H,28,30)(H,29,31). The van der Waals surface area contributed by atoms with Crippen LogP contribution in [0.2, 0.25) is 10.0 Å². The molecule has 0 bridgehead atoms. The van der Waals surface area contributed by atoms with E-state index in [-0.39, 0.29) is 11.8 Å². The summed E-state index contributed by atoms with van der Waals surface area (Å²) in [5.41, 5.74) is 3.67. The fourth-order valence-corrected chi connectivity index (χ4v) is 2.96. The number of amides is 2. The lowest BCUT2D eigenvalue weighted by atomic mass is 10.1. The molecule has 0 atom stereocenters. The molecule has 0 radical (unpaired) electrons. The van der Waals surface area contributed by atoms with Crippen LogP contribution < -0.4 is 10.6 Å². The molecule has 3 aromatic rings. The average molecular weight is 451 g/mol. The molecule has 0 aliphatic rings. The number of nitrogens with one attached hydrogen (secondary N) is 2. The molecule has 4 nitrogen and oxygen atoms in total. The van der Waals surface area contributed by atoms with Crippen LogP contribution in [0.15, 0.2) is 78.9 Å². The van der Waals surface area contributed by atoms with Crippen molar-refractivity contribution in [2.75, 3.05) is 10.6 Å². The topological polar surface area (TPSA) is 58.2 Å². The molecule has 0 aromatic heterocycles. The highest BCUT2D eigenvalue weighted by atomic mass is 35.5. The van der Waals surface area contributed by atoms with E-state index in [1.807, 2.05) is 37.3 Å². The van der Waals surface area contributed by atoms with Gasteiger partial charge in [0, 0.05) is 22.2 Å². The number of benzene rings is 3. The van der Waals surface area contributed by atoms with Crippen LogP contribution in [0.1, 0.15) is 16.7 Å². The molecular formula is C25H20Cl2N2O2. The first-order chi connectivity index (χ1) is 14.9. The van der Waals surface area contributed by atoms with Crippen molar-refractivity contribution in [2.45, 2.75) is 6.92 Å². The fourth-order valence-electron chi connectivity index (χ4n) is 2.71. The number of anilines is 2. The van der Waals surface area contributed by atoms with Crippen LogP contribution in [0.5, 0.6) is 0 Å². The highest BCUT2D eigenvalue weighted by Crippen LogP contribution is 2.23. The van der Waals surface area contributed by atoms with Crippen molar-refractivity contribution in [2.24, 2.45) is 0 Å². The van der Waals surface area contributed by atoms with Gasteiger partial charge in [0.25, 0.3) is 0 Å². The molecule has 0 fully saturated rings. The van der Waals surface area contributed by atoms with Crippen molar-refractivity contribution >= 4 is 58.5 Å². The molecule has 31 heavy (non-hydrogen) atoms. The van der Waals surface area contributed by atoms with E-state index in [2.05, 4.69) is 10.6 Å². The molecule has 0 heterocycles. The Kier molecular flexibility index (Phi) is 7.65. The van der Waals surface area contributed by atoms with Crippen LogP contribution in [0.3, 0.4) is 0 Å². The summed E-state index contributed by atoms with van der Waals surface area (Å²) >= 11 is 11.7. The van der Waals surface area contributed by atoms with Gasteiger partial charge in [0.05, 0.1) is 11.4 Å². The first kappa shape index (κ1) is 22.3. The second-order valence-corrected chi connectivity index (χ2v) is 7.67. The number of hydrogen-bond donors (Lipinski definition) is 2. The van der Waals surface area contributed by atoms with Crippen LogP contribution >= 0.6 is 23.2 Å². The van der Waals surface area contributed by atoms with Gasteiger partial charge in [-0.05, 0) is 72.2 Å². The van der Waals surface area contributed by atoms with Crippen molar-refractivity contribution in [1.82, 2.24) is 0 Å². The summed E-state index contributed by atoms with van der Waals surface area (Å²) in [5.74, 6) is -0.626. The smallest absolute Gasteiger partial charge is 0.248 e. The minimum absolute atomic E-state index is 0.312. The van der Waals surface area contributed by atoms with E-state index < -0.39 is 0 Å². The van der Waals surface area contributed by atoms with Gasteiger partial charge in [0.1, 0.15) is 0 Å². The van der Waals surface area contributed by atoms with Crippen molar-refractivity contribution in [3.63, 3.8) is 0 Å². The lowest BCUT2D eigenvalue weighted by Crippen LogP contribution is -2.13. The Morgan fingerprint density at radius 2 is 1.13 bits per heavy atom. The number of aryl methyl sites for hydroxylation is 1. The van der Waals surface area contributed by atoms with Gasteiger partial charge in [-0.1, -0.05) is 53.5 Å². The molecule has 0 unspecified atom stereocenters.